The van der Waals surface area contributed by atoms with Crippen LogP contribution < -0.4 is 4.90 Å². The van der Waals surface area contributed by atoms with Gasteiger partial charge in [0.15, 0.2) is 11.6 Å². The van der Waals surface area contributed by atoms with E-state index in [1.165, 1.54) is 18.5 Å². The van der Waals surface area contributed by atoms with Gasteiger partial charge in [0.2, 0.25) is 0 Å². The Bertz CT molecular complexity index is 584. The van der Waals surface area contributed by atoms with Crippen molar-refractivity contribution in [3.05, 3.63) is 53.5 Å². The first-order chi connectivity index (χ1) is 9.54. The van der Waals surface area contributed by atoms with Crippen molar-refractivity contribution in [1.82, 2.24) is 9.97 Å². The van der Waals surface area contributed by atoms with Gasteiger partial charge in [0.1, 0.15) is 12.1 Å². The van der Waals surface area contributed by atoms with E-state index in [9.17, 15) is 8.78 Å². The monoisotopic (exact) mass is 277 g/mol. The number of nitrogens with zero attached hydrogens (tertiary/aromatic N) is 3. The third-order valence-corrected chi connectivity index (χ3v) is 3.45. The Balaban J connectivity index is 2.31. The van der Waals surface area contributed by atoms with Crippen LogP contribution in [0.25, 0.3) is 0 Å². The van der Waals surface area contributed by atoms with Crippen LogP contribution in [0.4, 0.5) is 14.6 Å². The lowest BCUT2D eigenvalue weighted by Crippen LogP contribution is -2.24. The van der Waals surface area contributed by atoms with Crippen molar-refractivity contribution >= 4 is 5.82 Å². The van der Waals surface area contributed by atoms with E-state index < -0.39 is 5.82 Å². The first-order valence-electron chi connectivity index (χ1n) is 6.52. The van der Waals surface area contributed by atoms with E-state index in [-0.39, 0.29) is 17.7 Å². The van der Waals surface area contributed by atoms with Gasteiger partial charge in [0, 0.05) is 7.05 Å². The number of aromatic nitrogens is 2. The normalized spacial score (nSPS) is 12.2. The topological polar surface area (TPSA) is 29.0 Å². The van der Waals surface area contributed by atoms with E-state index >= 15 is 0 Å². The Kier molecular flexibility index (Phi) is 4.27. The van der Waals surface area contributed by atoms with Gasteiger partial charge in [-0.25, -0.2) is 18.7 Å². The number of hydrogen-bond donors (Lipinski definition) is 0. The molecule has 0 spiro atoms. The average molecular weight is 277 g/mol. The fraction of sp³-hybridized carbons (Fsp3) is 0.333. The molecule has 0 bridgehead atoms. The average Bonchev–Trinajstić information content (AvgIpc) is 2.47. The van der Waals surface area contributed by atoms with Gasteiger partial charge in [-0.15, -0.1) is 0 Å². The van der Waals surface area contributed by atoms with E-state index in [1.807, 2.05) is 13.8 Å². The van der Waals surface area contributed by atoms with Gasteiger partial charge in [-0.3, -0.25) is 0 Å². The molecular weight excluding hydrogens is 260 g/mol. The van der Waals surface area contributed by atoms with Gasteiger partial charge >= 0.3 is 0 Å². The molecular formula is C15H17F2N3. The van der Waals surface area contributed by atoms with Crippen molar-refractivity contribution in [1.29, 1.82) is 0 Å². The third kappa shape index (κ3) is 2.76. The van der Waals surface area contributed by atoms with Crippen LogP contribution in [0.15, 0.2) is 30.6 Å². The van der Waals surface area contributed by atoms with Crippen molar-refractivity contribution in [3.63, 3.8) is 0 Å². The molecule has 1 aromatic carbocycles. The molecule has 20 heavy (non-hydrogen) atoms. The lowest BCUT2D eigenvalue weighted by molar-refractivity contribution is 0.577. The van der Waals surface area contributed by atoms with E-state index in [0.717, 1.165) is 5.56 Å². The molecule has 0 aliphatic heterocycles. The number of aryl methyl sites for hydroxylation is 1. The zero-order valence-electron chi connectivity index (χ0n) is 11.8. The second-order valence-electron chi connectivity index (χ2n) is 4.65. The van der Waals surface area contributed by atoms with E-state index in [1.54, 1.807) is 24.1 Å². The first kappa shape index (κ1) is 14.4. The fourth-order valence-electron chi connectivity index (χ4n) is 2.04. The molecule has 3 nitrogen and oxygen atoms in total. The summed E-state index contributed by atoms with van der Waals surface area (Å²) in [5.74, 6) is -0.426. The summed E-state index contributed by atoms with van der Waals surface area (Å²) in [7, 11) is 1.76. The molecule has 2 rings (SSSR count). The first-order valence-corrected chi connectivity index (χ1v) is 6.52. The lowest BCUT2D eigenvalue weighted by atomic mass is 10.1. The van der Waals surface area contributed by atoms with Gasteiger partial charge in [0.05, 0.1) is 11.7 Å². The standard InChI is InChI=1S/C15H17F2N3/c1-4-13-14(17)15(19-9-18-13)20(3)10(2)11-5-7-12(16)8-6-11/h5-10H,4H2,1-3H3. The van der Waals surface area contributed by atoms with Crippen LogP contribution in [0.5, 0.6) is 0 Å². The van der Waals surface area contributed by atoms with Crippen molar-refractivity contribution in [3.8, 4) is 0 Å². The summed E-state index contributed by atoms with van der Waals surface area (Å²) in [6.45, 7) is 3.76. The largest absolute Gasteiger partial charge is 0.350 e. The maximum absolute atomic E-state index is 14.2. The molecule has 0 saturated heterocycles. The molecule has 106 valence electrons. The Labute approximate surface area is 117 Å². The number of hydrogen-bond acceptors (Lipinski definition) is 3. The van der Waals surface area contributed by atoms with Gasteiger partial charge in [0.25, 0.3) is 0 Å². The Morgan fingerprint density at radius 2 is 1.80 bits per heavy atom. The minimum atomic E-state index is -0.397. The summed E-state index contributed by atoms with van der Waals surface area (Å²) < 4.78 is 27.2. The van der Waals surface area contributed by atoms with Crippen LogP contribution in [-0.2, 0) is 6.42 Å². The Morgan fingerprint density at radius 1 is 1.15 bits per heavy atom. The van der Waals surface area contributed by atoms with Crippen molar-refractivity contribution in [2.24, 2.45) is 0 Å². The Morgan fingerprint density at radius 3 is 2.40 bits per heavy atom. The summed E-state index contributed by atoms with van der Waals surface area (Å²) in [6, 6.07) is 6.05. The second kappa shape index (κ2) is 5.94. The van der Waals surface area contributed by atoms with Crippen LogP contribution in [0.3, 0.4) is 0 Å². The molecule has 0 fully saturated rings. The molecule has 0 aliphatic rings. The highest BCUT2D eigenvalue weighted by molar-refractivity contribution is 5.43. The van der Waals surface area contributed by atoms with Crippen molar-refractivity contribution in [2.45, 2.75) is 26.3 Å². The number of anilines is 1. The van der Waals surface area contributed by atoms with Crippen LogP contribution >= 0.6 is 0 Å². The third-order valence-electron chi connectivity index (χ3n) is 3.45. The van der Waals surface area contributed by atoms with Gasteiger partial charge in [-0.05, 0) is 31.0 Å². The van der Waals surface area contributed by atoms with Crippen LogP contribution in [0.2, 0.25) is 0 Å². The number of halogens is 2. The molecule has 2 aromatic rings. The maximum Gasteiger partial charge on any atom is 0.187 e. The molecule has 5 heteroatoms. The Hall–Kier alpha value is -2.04. The van der Waals surface area contributed by atoms with E-state index in [2.05, 4.69) is 9.97 Å². The molecule has 0 N–H and O–H groups in total. The minimum absolute atomic E-state index is 0.121. The quantitative estimate of drug-likeness (QED) is 0.856. The highest BCUT2D eigenvalue weighted by atomic mass is 19.1. The van der Waals surface area contributed by atoms with Gasteiger partial charge in [-0.2, -0.15) is 0 Å². The summed E-state index contributed by atoms with van der Waals surface area (Å²) in [4.78, 5) is 9.66. The predicted molar refractivity (Wildman–Crippen MR) is 74.6 cm³/mol. The van der Waals surface area contributed by atoms with Crippen LogP contribution in [0.1, 0.15) is 31.1 Å². The summed E-state index contributed by atoms with van der Waals surface area (Å²) in [6.07, 6.45) is 1.88. The highest BCUT2D eigenvalue weighted by Gasteiger charge is 2.19. The molecule has 0 radical (unpaired) electrons. The van der Waals surface area contributed by atoms with Gasteiger partial charge in [-0.1, -0.05) is 19.1 Å². The molecule has 0 saturated carbocycles. The summed E-state index contributed by atoms with van der Waals surface area (Å²) in [5.41, 5.74) is 1.29. The SMILES string of the molecule is CCc1ncnc(N(C)C(C)c2ccc(F)cc2)c1F. The van der Waals surface area contributed by atoms with Crippen LogP contribution in [0, 0.1) is 11.6 Å². The molecule has 1 unspecified atom stereocenters. The molecule has 1 heterocycles. The highest BCUT2D eigenvalue weighted by Crippen LogP contribution is 2.26. The molecule has 0 amide bonds. The smallest absolute Gasteiger partial charge is 0.187 e. The molecule has 1 atom stereocenters. The number of benzene rings is 1. The van der Waals surface area contributed by atoms with E-state index in [4.69, 9.17) is 0 Å². The zero-order chi connectivity index (χ0) is 14.7. The number of rotatable bonds is 4. The van der Waals surface area contributed by atoms with Crippen molar-refractivity contribution < 1.29 is 8.78 Å². The van der Waals surface area contributed by atoms with Gasteiger partial charge < -0.3 is 4.90 Å². The summed E-state index contributed by atoms with van der Waals surface area (Å²) >= 11 is 0. The lowest BCUT2D eigenvalue weighted by Gasteiger charge is -2.26. The zero-order valence-corrected chi connectivity index (χ0v) is 11.8. The second-order valence-corrected chi connectivity index (χ2v) is 4.65. The summed E-state index contributed by atoms with van der Waals surface area (Å²) in [5, 5.41) is 0. The van der Waals surface area contributed by atoms with E-state index in [0.29, 0.717) is 12.1 Å². The molecule has 0 aliphatic carbocycles. The van der Waals surface area contributed by atoms with Crippen molar-refractivity contribution in [2.75, 3.05) is 11.9 Å². The fourth-order valence-corrected chi connectivity index (χ4v) is 2.04. The maximum atomic E-state index is 14.2. The molecule has 1 aromatic heterocycles. The minimum Gasteiger partial charge on any atom is -0.350 e. The van der Waals surface area contributed by atoms with Crippen LogP contribution in [-0.4, -0.2) is 17.0 Å². The predicted octanol–water partition coefficient (Wildman–Crippen LogP) is 3.51.